The lowest BCUT2D eigenvalue weighted by Crippen LogP contribution is -2.45. The molecule has 1 N–H and O–H groups in total. The van der Waals surface area contributed by atoms with Gasteiger partial charge in [0.2, 0.25) is 0 Å². The van der Waals surface area contributed by atoms with Gasteiger partial charge >= 0.3 is 11.9 Å². The molecule has 1 saturated heterocycles. The SMILES string of the molecule is CCOC(=O)C1CCN(C(=O)[C@H](C)OC(=O)c2ccc(NC)c([N+](=O)[O-])c2)CC1. The van der Waals surface area contributed by atoms with Crippen molar-refractivity contribution in [1.29, 1.82) is 0 Å². The predicted octanol–water partition coefficient (Wildman–Crippen LogP) is 1.98. The van der Waals surface area contributed by atoms with Crippen LogP contribution in [0.2, 0.25) is 0 Å². The summed E-state index contributed by atoms with van der Waals surface area (Å²) in [5, 5.41) is 13.8. The molecule has 0 bridgehead atoms. The topological polar surface area (TPSA) is 128 Å². The number of nitrogens with zero attached hydrogens (tertiary/aromatic N) is 2. The number of nitro benzene ring substituents is 1. The Bertz CT molecular complexity index is 788. The maximum Gasteiger partial charge on any atom is 0.339 e. The Labute approximate surface area is 168 Å². The highest BCUT2D eigenvalue weighted by Gasteiger charge is 2.31. The van der Waals surface area contributed by atoms with Crippen LogP contribution in [0.1, 0.15) is 37.0 Å². The van der Waals surface area contributed by atoms with Crippen molar-refractivity contribution >= 4 is 29.2 Å². The number of hydrogen-bond acceptors (Lipinski definition) is 8. The Kier molecular flexibility index (Phi) is 7.52. The fourth-order valence-corrected chi connectivity index (χ4v) is 3.15. The quantitative estimate of drug-likeness (QED) is 0.413. The molecule has 0 saturated carbocycles. The molecular weight excluding hydrogens is 382 g/mol. The van der Waals surface area contributed by atoms with Crippen LogP contribution in [0, 0.1) is 16.0 Å². The number of nitro groups is 1. The molecule has 10 nitrogen and oxygen atoms in total. The van der Waals surface area contributed by atoms with Gasteiger partial charge in [-0.05, 0) is 38.8 Å². The lowest BCUT2D eigenvalue weighted by molar-refractivity contribution is -0.384. The second-order valence-corrected chi connectivity index (χ2v) is 6.64. The minimum Gasteiger partial charge on any atom is -0.466 e. The normalized spacial score (nSPS) is 15.3. The van der Waals surface area contributed by atoms with Crippen LogP contribution in [0.15, 0.2) is 18.2 Å². The van der Waals surface area contributed by atoms with E-state index in [1.807, 2.05) is 0 Å². The Hall–Kier alpha value is -3.17. The van der Waals surface area contributed by atoms with Gasteiger partial charge in [0.05, 0.1) is 23.0 Å². The first-order valence-corrected chi connectivity index (χ1v) is 9.41. The number of anilines is 1. The first-order chi connectivity index (χ1) is 13.8. The van der Waals surface area contributed by atoms with Gasteiger partial charge < -0.3 is 19.7 Å². The Morgan fingerprint density at radius 2 is 1.97 bits per heavy atom. The van der Waals surface area contributed by atoms with Gasteiger partial charge in [0.1, 0.15) is 5.69 Å². The van der Waals surface area contributed by atoms with Crippen molar-refractivity contribution in [2.75, 3.05) is 32.1 Å². The van der Waals surface area contributed by atoms with Crippen LogP contribution in [0.25, 0.3) is 0 Å². The van der Waals surface area contributed by atoms with Gasteiger partial charge in [-0.3, -0.25) is 19.7 Å². The molecule has 1 aliphatic heterocycles. The van der Waals surface area contributed by atoms with E-state index in [9.17, 15) is 24.5 Å². The highest BCUT2D eigenvalue weighted by atomic mass is 16.6. The standard InChI is InChI=1S/C19H25N3O7/c1-4-28-18(24)13-7-9-21(10-8-13)17(23)12(2)29-19(25)14-5-6-15(20-3)16(11-14)22(26)27/h5-6,11-13,20H,4,7-10H2,1-3H3/t12-/m0/s1. The third-order valence-electron chi connectivity index (χ3n) is 4.76. The highest BCUT2D eigenvalue weighted by molar-refractivity contribution is 5.93. The zero-order chi connectivity index (χ0) is 21.6. The number of ether oxygens (including phenoxy) is 2. The number of rotatable bonds is 7. The average Bonchev–Trinajstić information content (AvgIpc) is 2.72. The molecule has 0 spiro atoms. The van der Waals surface area contributed by atoms with E-state index in [2.05, 4.69) is 5.32 Å². The van der Waals surface area contributed by atoms with Crippen LogP contribution in [0.4, 0.5) is 11.4 Å². The maximum atomic E-state index is 12.6. The average molecular weight is 407 g/mol. The smallest absolute Gasteiger partial charge is 0.339 e. The van der Waals surface area contributed by atoms with E-state index in [0.29, 0.717) is 32.5 Å². The van der Waals surface area contributed by atoms with Gasteiger partial charge in [0, 0.05) is 26.2 Å². The number of benzene rings is 1. The van der Waals surface area contributed by atoms with Crippen molar-refractivity contribution in [2.24, 2.45) is 5.92 Å². The largest absolute Gasteiger partial charge is 0.466 e. The lowest BCUT2D eigenvalue weighted by atomic mass is 9.97. The van der Waals surface area contributed by atoms with Crippen LogP contribution >= 0.6 is 0 Å². The van der Waals surface area contributed by atoms with E-state index < -0.39 is 17.0 Å². The van der Waals surface area contributed by atoms with Gasteiger partial charge in [-0.2, -0.15) is 0 Å². The van der Waals surface area contributed by atoms with E-state index in [0.717, 1.165) is 6.07 Å². The molecule has 0 unspecified atom stereocenters. The summed E-state index contributed by atoms with van der Waals surface area (Å²) in [6, 6.07) is 3.90. The number of carbonyl (C=O) groups is 3. The summed E-state index contributed by atoms with van der Waals surface area (Å²) in [6.07, 6.45) is -0.0732. The third kappa shape index (κ3) is 5.43. The minimum atomic E-state index is -1.05. The Morgan fingerprint density at radius 1 is 1.31 bits per heavy atom. The van der Waals surface area contributed by atoms with Crippen LogP contribution in [-0.4, -0.2) is 60.5 Å². The number of amides is 1. The zero-order valence-electron chi connectivity index (χ0n) is 16.7. The van der Waals surface area contributed by atoms with Crippen molar-refractivity contribution in [2.45, 2.75) is 32.8 Å². The van der Waals surface area contributed by atoms with E-state index in [-0.39, 0.29) is 34.7 Å². The molecule has 1 amide bonds. The monoisotopic (exact) mass is 407 g/mol. The first kappa shape index (κ1) is 22.1. The summed E-state index contributed by atoms with van der Waals surface area (Å²) in [6.45, 7) is 4.25. The summed E-state index contributed by atoms with van der Waals surface area (Å²) in [5.74, 6) is -1.69. The Morgan fingerprint density at radius 3 is 2.52 bits per heavy atom. The van der Waals surface area contributed by atoms with Crippen LogP contribution < -0.4 is 5.32 Å². The lowest BCUT2D eigenvalue weighted by Gasteiger charge is -2.32. The van der Waals surface area contributed by atoms with Crippen molar-refractivity contribution in [3.05, 3.63) is 33.9 Å². The van der Waals surface area contributed by atoms with Gasteiger partial charge in [-0.15, -0.1) is 0 Å². The van der Waals surface area contributed by atoms with Crippen LogP contribution in [0.3, 0.4) is 0 Å². The number of nitrogens with one attached hydrogen (secondary N) is 1. The minimum absolute atomic E-state index is 0.0173. The number of carbonyl (C=O) groups excluding carboxylic acids is 3. The molecule has 10 heteroatoms. The van der Waals surface area contributed by atoms with E-state index >= 15 is 0 Å². The molecule has 1 aromatic rings. The van der Waals surface area contributed by atoms with Gasteiger partial charge in [0.15, 0.2) is 6.10 Å². The number of likely N-dealkylation sites (tertiary alicyclic amines) is 1. The number of piperidine rings is 1. The second kappa shape index (κ2) is 9.85. The highest BCUT2D eigenvalue weighted by Crippen LogP contribution is 2.26. The zero-order valence-corrected chi connectivity index (χ0v) is 16.7. The fraction of sp³-hybridized carbons (Fsp3) is 0.526. The van der Waals surface area contributed by atoms with Crippen molar-refractivity contribution in [3.8, 4) is 0 Å². The second-order valence-electron chi connectivity index (χ2n) is 6.64. The van der Waals surface area contributed by atoms with Crippen LogP contribution in [-0.2, 0) is 19.1 Å². The van der Waals surface area contributed by atoms with Crippen molar-refractivity contribution < 1.29 is 28.8 Å². The molecule has 29 heavy (non-hydrogen) atoms. The molecule has 1 aromatic carbocycles. The molecule has 1 fully saturated rings. The van der Waals surface area contributed by atoms with Crippen molar-refractivity contribution in [3.63, 3.8) is 0 Å². The summed E-state index contributed by atoms with van der Waals surface area (Å²) in [5.41, 5.74) is -0.0153. The molecule has 2 rings (SSSR count). The number of hydrogen-bond donors (Lipinski definition) is 1. The molecule has 1 heterocycles. The number of esters is 2. The molecule has 158 valence electrons. The fourth-order valence-electron chi connectivity index (χ4n) is 3.15. The van der Waals surface area contributed by atoms with Gasteiger partial charge in [0.25, 0.3) is 11.6 Å². The maximum absolute atomic E-state index is 12.6. The summed E-state index contributed by atoms with van der Waals surface area (Å²) < 4.78 is 10.2. The predicted molar refractivity (Wildman–Crippen MR) is 103 cm³/mol. The Balaban J connectivity index is 1.96. The van der Waals surface area contributed by atoms with Crippen LogP contribution in [0.5, 0.6) is 0 Å². The van der Waals surface area contributed by atoms with E-state index in [1.165, 1.54) is 26.1 Å². The molecular formula is C19H25N3O7. The molecule has 1 atom stereocenters. The molecule has 1 aliphatic rings. The molecule has 0 aromatic heterocycles. The third-order valence-corrected chi connectivity index (χ3v) is 4.76. The summed E-state index contributed by atoms with van der Waals surface area (Å²) in [7, 11) is 1.53. The van der Waals surface area contributed by atoms with Gasteiger partial charge in [-0.1, -0.05) is 0 Å². The van der Waals surface area contributed by atoms with E-state index in [1.54, 1.807) is 11.8 Å². The first-order valence-electron chi connectivity index (χ1n) is 9.41. The molecule has 0 radical (unpaired) electrons. The van der Waals surface area contributed by atoms with Gasteiger partial charge in [-0.25, -0.2) is 4.79 Å². The summed E-state index contributed by atoms with van der Waals surface area (Å²) in [4.78, 5) is 48.7. The molecule has 0 aliphatic carbocycles. The van der Waals surface area contributed by atoms with E-state index in [4.69, 9.17) is 9.47 Å². The summed E-state index contributed by atoms with van der Waals surface area (Å²) >= 11 is 0. The van der Waals surface area contributed by atoms with Crippen molar-refractivity contribution in [1.82, 2.24) is 4.90 Å².